The van der Waals surface area contributed by atoms with Gasteiger partial charge in [-0.25, -0.2) is 18.1 Å². The first kappa shape index (κ1) is 20.7. The maximum atomic E-state index is 12.2. The molecule has 2 aromatic rings. The molecule has 0 bridgehead atoms. The molecular formula is C17H24N4O5S. The van der Waals surface area contributed by atoms with E-state index in [1.54, 1.807) is 30.7 Å². The fourth-order valence-electron chi connectivity index (χ4n) is 2.32. The minimum Gasteiger partial charge on any atom is -0.497 e. The summed E-state index contributed by atoms with van der Waals surface area (Å²) in [5.74, 6) is 0.353. The lowest BCUT2D eigenvalue weighted by atomic mass is 10.2. The molecule has 0 radical (unpaired) electrons. The molecule has 0 aliphatic rings. The maximum Gasteiger partial charge on any atom is 0.251 e. The van der Waals surface area contributed by atoms with E-state index in [9.17, 15) is 13.2 Å². The summed E-state index contributed by atoms with van der Waals surface area (Å²) in [6, 6.07) is 4.76. The van der Waals surface area contributed by atoms with Crippen LogP contribution < -0.4 is 19.5 Å². The maximum absolute atomic E-state index is 12.2. The number of nitrogens with one attached hydrogen (secondary N) is 2. The first-order chi connectivity index (χ1) is 12.9. The number of sulfonamides is 1. The van der Waals surface area contributed by atoms with Gasteiger partial charge in [0.05, 0.1) is 26.3 Å². The van der Waals surface area contributed by atoms with E-state index in [-0.39, 0.29) is 12.3 Å². The monoisotopic (exact) mass is 396 g/mol. The Morgan fingerprint density at radius 1 is 1.15 bits per heavy atom. The summed E-state index contributed by atoms with van der Waals surface area (Å²) >= 11 is 0. The number of ether oxygens (including phenoxy) is 2. The van der Waals surface area contributed by atoms with Crippen molar-refractivity contribution in [2.24, 2.45) is 0 Å². The number of hydrogen-bond donors (Lipinski definition) is 2. The van der Waals surface area contributed by atoms with E-state index in [0.717, 1.165) is 0 Å². The molecule has 1 amide bonds. The Hall–Kier alpha value is -2.59. The third-order valence-electron chi connectivity index (χ3n) is 3.74. The molecule has 0 aliphatic heterocycles. The van der Waals surface area contributed by atoms with Crippen LogP contribution >= 0.6 is 0 Å². The molecular weight excluding hydrogens is 372 g/mol. The summed E-state index contributed by atoms with van der Waals surface area (Å²) in [7, 11) is -0.490. The van der Waals surface area contributed by atoms with Gasteiger partial charge in [-0.05, 0) is 18.6 Å². The Morgan fingerprint density at radius 2 is 1.85 bits per heavy atom. The third kappa shape index (κ3) is 6.91. The van der Waals surface area contributed by atoms with E-state index < -0.39 is 15.9 Å². The van der Waals surface area contributed by atoms with Crippen molar-refractivity contribution in [1.82, 2.24) is 19.6 Å². The molecule has 27 heavy (non-hydrogen) atoms. The standard InChI is InChI=1S/C17H24N4O5S/c1-25-15-10-14(11-16(12-15)26-2)17(22)19-6-9-27(23,24)20-4-3-7-21-8-5-18-13-21/h5,8,10-13,20H,3-4,6-7,9H2,1-2H3,(H,19,22). The second-order valence-corrected chi connectivity index (χ2v) is 7.65. The highest BCUT2D eigenvalue weighted by Crippen LogP contribution is 2.22. The highest BCUT2D eigenvalue weighted by atomic mass is 32.2. The highest BCUT2D eigenvalue weighted by molar-refractivity contribution is 7.89. The van der Waals surface area contributed by atoms with E-state index in [0.29, 0.717) is 36.6 Å². The highest BCUT2D eigenvalue weighted by Gasteiger charge is 2.13. The average molecular weight is 396 g/mol. The molecule has 9 nitrogen and oxygen atoms in total. The summed E-state index contributed by atoms with van der Waals surface area (Å²) < 4.78 is 38.6. The fraction of sp³-hybridized carbons (Fsp3) is 0.412. The second kappa shape index (κ2) is 9.93. The Labute approximate surface area is 158 Å². The molecule has 0 atom stereocenters. The van der Waals surface area contributed by atoms with E-state index in [1.807, 2.05) is 10.8 Å². The molecule has 1 heterocycles. The second-order valence-electron chi connectivity index (χ2n) is 5.72. The van der Waals surface area contributed by atoms with Gasteiger partial charge in [0.15, 0.2) is 0 Å². The molecule has 0 spiro atoms. The van der Waals surface area contributed by atoms with Crippen LogP contribution in [0.3, 0.4) is 0 Å². The summed E-state index contributed by atoms with van der Waals surface area (Å²) in [5.41, 5.74) is 0.330. The lowest BCUT2D eigenvalue weighted by molar-refractivity contribution is 0.0955. The van der Waals surface area contributed by atoms with E-state index in [2.05, 4.69) is 15.0 Å². The van der Waals surface area contributed by atoms with Gasteiger partial charge in [-0.3, -0.25) is 4.79 Å². The number of imidazole rings is 1. The number of methoxy groups -OCH3 is 2. The number of aryl methyl sites for hydroxylation is 1. The zero-order valence-corrected chi connectivity index (χ0v) is 16.2. The van der Waals surface area contributed by atoms with Gasteiger partial charge in [-0.2, -0.15) is 0 Å². The molecule has 2 N–H and O–H groups in total. The van der Waals surface area contributed by atoms with E-state index in [4.69, 9.17) is 9.47 Å². The number of nitrogens with zero attached hydrogens (tertiary/aromatic N) is 2. The van der Waals surface area contributed by atoms with Gasteiger partial charge in [-0.15, -0.1) is 0 Å². The molecule has 10 heteroatoms. The van der Waals surface area contributed by atoms with Crippen molar-refractivity contribution in [3.05, 3.63) is 42.5 Å². The molecule has 2 rings (SSSR count). The molecule has 0 saturated carbocycles. The third-order valence-corrected chi connectivity index (χ3v) is 5.13. The van der Waals surface area contributed by atoms with Crippen LogP contribution in [0.2, 0.25) is 0 Å². The van der Waals surface area contributed by atoms with Crippen molar-refractivity contribution >= 4 is 15.9 Å². The van der Waals surface area contributed by atoms with Gasteiger partial charge < -0.3 is 19.4 Å². The first-order valence-electron chi connectivity index (χ1n) is 8.38. The van der Waals surface area contributed by atoms with Crippen LogP contribution in [0.4, 0.5) is 0 Å². The largest absolute Gasteiger partial charge is 0.497 e. The molecule has 1 aromatic heterocycles. The number of carbonyl (C=O) groups is 1. The SMILES string of the molecule is COc1cc(OC)cc(C(=O)NCCS(=O)(=O)NCCCn2ccnc2)c1. The lowest BCUT2D eigenvalue weighted by Gasteiger charge is -2.10. The zero-order valence-electron chi connectivity index (χ0n) is 15.3. The van der Waals surface area contributed by atoms with Crippen LogP contribution in [0.25, 0.3) is 0 Å². The minimum atomic E-state index is -3.47. The predicted octanol–water partition coefficient (Wildman–Crippen LogP) is 0.640. The van der Waals surface area contributed by atoms with Gasteiger partial charge >= 0.3 is 0 Å². The van der Waals surface area contributed by atoms with Crippen LogP contribution in [-0.2, 0) is 16.6 Å². The normalized spacial score (nSPS) is 11.2. The summed E-state index contributed by atoms with van der Waals surface area (Å²) in [6.45, 7) is 0.994. The molecule has 148 valence electrons. The van der Waals surface area contributed by atoms with Crippen molar-refractivity contribution in [2.45, 2.75) is 13.0 Å². The molecule has 0 saturated heterocycles. The van der Waals surface area contributed by atoms with Gasteiger partial charge in [0, 0.05) is 43.7 Å². The quantitative estimate of drug-likeness (QED) is 0.539. The predicted molar refractivity (Wildman–Crippen MR) is 101 cm³/mol. The molecule has 0 fully saturated rings. The Balaban J connectivity index is 1.76. The van der Waals surface area contributed by atoms with Crippen molar-refractivity contribution in [3.63, 3.8) is 0 Å². The summed E-state index contributed by atoms with van der Waals surface area (Å²) in [5, 5.41) is 2.59. The number of hydrogen-bond acceptors (Lipinski definition) is 6. The Kier molecular flexibility index (Phi) is 7.62. The van der Waals surface area contributed by atoms with E-state index >= 15 is 0 Å². The van der Waals surface area contributed by atoms with Crippen molar-refractivity contribution in [3.8, 4) is 11.5 Å². The Bertz CT molecular complexity index is 815. The summed E-state index contributed by atoms with van der Waals surface area (Å²) in [4.78, 5) is 16.1. The van der Waals surface area contributed by atoms with E-state index in [1.165, 1.54) is 14.2 Å². The van der Waals surface area contributed by atoms with Gasteiger partial charge in [0.1, 0.15) is 11.5 Å². The lowest BCUT2D eigenvalue weighted by Crippen LogP contribution is -2.35. The smallest absolute Gasteiger partial charge is 0.251 e. The van der Waals surface area contributed by atoms with Crippen molar-refractivity contribution < 1.29 is 22.7 Å². The van der Waals surface area contributed by atoms with Gasteiger partial charge in [0.25, 0.3) is 5.91 Å². The van der Waals surface area contributed by atoms with Crippen LogP contribution in [0.15, 0.2) is 36.9 Å². The van der Waals surface area contributed by atoms with Crippen molar-refractivity contribution in [1.29, 1.82) is 0 Å². The number of aromatic nitrogens is 2. The fourth-order valence-corrected chi connectivity index (χ4v) is 3.29. The Morgan fingerprint density at radius 3 is 2.44 bits per heavy atom. The molecule has 0 aliphatic carbocycles. The molecule has 0 unspecified atom stereocenters. The van der Waals surface area contributed by atoms with Crippen molar-refractivity contribution in [2.75, 3.05) is 33.1 Å². The number of amides is 1. The first-order valence-corrected chi connectivity index (χ1v) is 10.0. The topological polar surface area (TPSA) is 112 Å². The average Bonchev–Trinajstić information content (AvgIpc) is 3.18. The minimum absolute atomic E-state index is 0.00475. The van der Waals surface area contributed by atoms with Crippen LogP contribution in [0.5, 0.6) is 11.5 Å². The van der Waals surface area contributed by atoms with Gasteiger partial charge in [-0.1, -0.05) is 0 Å². The van der Waals surface area contributed by atoms with Gasteiger partial charge in [0.2, 0.25) is 10.0 Å². The van der Waals surface area contributed by atoms with Crippen LogP contribution in [0.1, 0.15) is 16.8 Å². The van der Waals surface area contributed by atoms with Crippen LogP contribution in [-0.4, -0.2) is 56.9 Å². The number of rotatable bonds is 11. The molecule has 1 aromatic carbocycles. The van der Waals surface area contributed by atoms with Crippen LogP contribution in [0, 0.1) is 0 Å². The zero-order chi connectivity index (χ0) is 19.7. The number of carbonyl (C=O) groups excluding carboxylic acids is 1. The number of benzene rings is 1. The summed E-state index contributed by atoms with van der Waals surface area (Å²) in [6.07, 6.45) is 5.81.